The smallest absolute Gasteiger partial charge is 0.127 e. The molecular weight excluding hydrogens is 162 g/mol. The molecule has 0 fully saturated rings. The van der Waals surface area contributed by atoms with Gasteiger partial charge in [0.15, 0.2) is 0 Å². The monoisotopic (exact) mass is 177 g/mol. The van der Waals surface area contributed by atoms with E-state index in [2.05, 4.69) is 13.8 Å². The number of phenols is 1. The van der Waals surface area contributed by atoms with Gasteiger partial charge in [0.2, 0.25) is 0 Å². The summed E-state index contributed by atoms with van der Waals surface area (Å²) in [5.41, 5.74) is 1.53. The number of hydrogen-bond donors (Lipinski definition) is 2. The molecule has 1 aromatic rings. The lowest BCUT2D eigenvalue weighted by molar-refractivity contribution is 0.461. The first-order valence-electron chi connectivity index (χ1n) is 4.53. The molecule has 13 heavy (non-hydrogen) atoms. The van der Waals surface area contributed by atoms with Crippen molar-refractivity contribution in [2.45, 2.75) is 26.2 Å². The van der Waals surface area contributed by atoms with Gasteiger partial charge in [-0.1, -0.05) is 26.0 Å². The summed E-state index contributed by atoms with van der Waals surface area (Å²) in [7, 11) is 0. The Morgan fingerprint density at radius 2 is 2.23 bits per heavy atom. The molecule has 0 spiro atoms. The number of para-hydroxylation sites is 1. The molecule has 0 aliphatic carbocycles. The third kappa shape index (κ3) is 1.89. The van der Waals surface area contributed by atoms with Crippen LogP contribution >= 0.6 is 0 Å². The highest BCUT2D eigenvalue weighted by atomic mass is 16.3. The molecule has 0 radical (unpaired) electrons. The zero-order chi connectivity index (χ0) is 9.84. The molecule has 0 aliphatic heterocycles. The first-order chi connectivity index (χ1) is 6.20. The molecule has 0 heterocycles. The van der Waals surface area contributed by atoms with E-state index < -0.39 is 0 Å². The minimum Gasteiger partial charge on any atom is -0.507 e. The fourth-order valence-corrected chi connectivity index (χ4v) is 1.31. The lowest BCUT2D eigenvalue weighted by Gasteiger charge is -2.12. The summed E-state index contributed by atoms with van der Waals surface area (Å²) >= 11 is 0. The normalized spacial score (nSPS) is 12.5. The second-order valence-corrected chi connectivity index (χ2v) is 3.24. The largest absolute Gasteiger partial charge is 0.507 e. The molecule has 1 atom stereocenters. The quantitative estimate of drug-likeness (QED) is 0.685. The number of rotatable bonds is 3. The zero-order valence-corrected chi connectivity index (χ0v) is 8.04. The van der Waals surface area contributed by atoms with Gasteiger partial charge in [0.25, 0.3) is 0 Å². The molecule has 0 amide bonds. The van der Waals surface area contributed by atoms with Crippen LogP contribution in [0.5, 0.6) is 5.75 Å². The third-order valence-electron chi connectivity index (χ3n) is 2.40. The highest BCUT2D eigenvalue weighted by Gasteiger charge is 2.10. The molecule has 2 heteroatoms. The van der Waals surface area contributed by atoms with E-state index in [9.17, 15) is 5.11 Å². The summed E-state index contributed by atoms with van der Waals surface area (Å²) in [6.45, 7) is 4.16. The molecule has 2 N–H and O–H groups in total. The van der Waals surface area contributed by atoms with Crippen LogP contribution in [0.4, 0.5) is 0 Å². The van der Waals surface area contributed by atoms with Crippen LogP contribution in [0.15, 0.2) is 18.2 Å². The van der Waals surface area contributed by atoms with Gasteiger partial charge in [-0.3, -0.25) is 0 Å². The molecule has 0 aliphatic rings. The van der Waals surface area contributed by atoms with Crippen LogP contribution in [0, 0.1) is 5.41 Å². The summed E-state index contributed by atoms with van der Waals surface area (Å²) in [6.07, 6.45) is 2.18. The van der Waals surface area contributed by atoms with Crippen LogP contribution in [0.1, 0.15) is 37.3 Å². The average molecular weight is 177 g/mol. The molecule has 0 saturated heterocycles. The van der Waals surface area contributed by atoms with Crippen molar-refractivity contribution in [3.8, 4) is 5.75 Å². The standard InChI is InChI=1S/C11H15NO/c1-3-8(2)10-6-4-5-9(7-12)11(10)13/h4-8,12-13H,3H2,1-2H3. The van der Waals surface area contributed by atoms with Gasteiger partial charge in [0, 0.05) is 11.8 Å². The maximum Gasteiger partial charge on any atom is 0.127 e. The first kappa shape index (κ1) is 9.78. The molecule has 2 nitrogen and oxygen atoms in total. The van der Waals surface area contributed by atoms with Crippen LogP contribution in [0.3, 0.4) is 0 Å². The van der Waals surface area contributed by atoms with Crippen molar-refractivity contribution in [1.82, 2.24) is 0 Å². The Hall–Kier alpha value is -1.31. The SMILES string of the molecule is CCC(C)c1cccc(C=N)c1O. The Morgan fingerprint density at radius 3 is 2.77 bits per heavy atom. The second kappa shape index (κ2) is 4.08. The molecule has 1 unspecified atom stereocenters. The molecule has 1 aromatic carbocycles. The maximum absolute atomic E-state index is 9.74. The van der Waals surface area contributed by atoms with E-state index in [-0.39, 0.29) is 5.75 Å². The number of benzene rings is 1. The topological polar surface area (TPSA) is 44.1 Å². The van der Waals surface area contributed by atoms with Gasteiger partial charge in [0.05, 0.1) is 0 Å². The Kier molecular flexibility index (Phi) is 3.07. The highest BCUT2D eigenvalue weighted by molar-refractivity contribution is 5.81. The Labute approximate surface area is 78.7 Å². The summed E-state index contributed by atoms with van der Waals surface area (Å²) in [4.78, 5) is 0. The van der Waals surface area contributed by atoms with Gasteiger partial charge in [-0.15, -0.1) is 0 Å². The van der Waals surface area contributed by atoms with Crippen LogP contribution in [0.25, 0.3) is 0 Å². The summed E-state index contributed by atoms with van der Waals surface area (Å²) in [5, 5.41) is 16.8. The molecular formula is C11H15NO. The second-order valence-electron chi connectivity index (χ2n) is 3.24. The molecule has 70 valence electrons. The van der Waals surface area contributed by atoms with E-state index in [1.54, 1.807) is 6.07 Å². The van der Waals surface area contributed by atoms with E-state index in [1.165, 1.54) is 6.21 Å². The summed E-state index contributed by atoms with van der Waals surface area (Å²) in [5.74, 6) is 0.603. The first-order valence-corrected chi connectivity index (χ1v) is 4.53. The van der Waals surface area contributed by atoms with Gasteiger partial charge in [-0.2, -0.15) is 0 Å². The van der Waals surface area contributed by atoms with Gasteiger partial charge >= 0.3 is 0 Å². The van der Waals surface area contributed by atoms with Crippen molar-refractivity contribution < 1.29 is 5.11 Å². The van der Waals surface area contributed by atoms with Gasteiger partial charge in [-0.25, -0.2) is 0 Å². The number of aromatic hydroxyl groups is 1. The molecule has 1 rings (SSSR count). The molecule has 0 saturated carbocycles. The van der Waals surface area contributed by atoms with Gasteiger partial charge < -0.3 is 10.5 Å². The predicted molar refractivity (Wildman–Crippen MR) is 54.7 cm³/mol. The Bertz CT molecular complexity index is 307. The number of hydrogen-bond acceptors (Lipinski definition) is 2. The van der Waals surface area contributed by atoms with E-state index >= 15 is 0 Å². The van der Waals surface area contributed by atoms with E-state index in [0.717, 1.165) is 12.0 Å². The fraction of sp³-hybridized carbons (Fsp3) is 0.364. The fourth-order valence-electron chi connectivity index (χ4n) is 1.31. The lowest BCUT2D eigenvalue weighted by Crippen LogP contribution is -1.94. The number of nitrogens with one attached hydrogen (secondary N) is 1. The summed E-state index contributed by atoms with van der Waals surface area (Å²) < 4.78 is 0. The van der Waals surface area contributed by atoms with E-state index in [4.69, 9.17) is 5.41 Å². The van der Waals surface area contributed by atoms with Crippen LogP contribution in [-0.4, -0.2) is 11.3 Å². The van der Waals surface area contributed by atoms with Crippen molar-refractivity contribution in [1.29, 1.82) is 5.41 Å². The Morgan fingerprint density at radius 1 is 1.54 bits per heavy atom. The van der Waals surface area contributed by atoms with Gasteiger partial charge in [-0.05, 0) is 24.0 Å². The highest BCUT2D eigenvalue weighted by Crippen LogP contribution is 2.29. The third-order valence-corrected chi connectivity index (χ3v) is 2.40. The van der Waals surface area contributed by atoms with Crippen molar-refractivity contribution in [3.63, 3.8) is 0 Å². The van der Waals surface area contributed by atoms with Crippen molar-refractivity contribution in [3.05, 3.63) is 29.3 Å². The zero-order valence-electron chi connectivity index (χ0n) is 8.04. The van der Waals surface area contributed by atoms with Crippen LogP contribution < -0.4 is 0 Å². The average Bonchev–Trinajstić information content (AvgIpc) is 2.17. The van der Waals surface area contributed by atoms with Crippen LogP contribution in [-0.2, 0) is 0 Å². The van der Waals surface area contributed by atoms with E-state index in [0.29, 0.717) is 11.5 Å². The van der Waals surface area contributed by atoms with Crippen molar-refractivity contribution in [2.75, 3.05) is 0 Å². The summed E-state index contributed by atoms with van der Waals surface area (Å²) in [6, 6.07) is 5.53. The molecule has 0 bridgehead atoms. The Balaban J connectivity index is 3.15. The molecule has 0 aromatic heterocycles. The van der Waals surface area contributed by atoms with Gasteiger partial charge in [0.1, 0.15) is 5.75 Å². The lowest BCUT2D eigenvalue weighted by atomic mass is 9.96. The maximum atomic E-state index is 9.74. The van der Waals surface area contributed by atoms with Crippen LogP contribution in [0.2, 0.25) is 0 Å². The number of phenolic OH excluding ortho intramolecular Hbond substituents is 1. The van der Waals surface area contributed by atoms with Crippen molar-refractivity contribution in [2.24, 2.45) is 0 Å². The minimum atomic E-state index is 0.256. The minimum absolute atomic E-state index is 0.256. The van der Waals surface area contributed by atoms with E-state index in [1.807, 2.05) is 12.1 Å². The predicted octanol–water partition coefficient (Wildman–Crippen LogP) is 2.90. The van der Waals surface area contributed by atoms with Crippen molar-refractivity contribution >= 4 is 6.21 Å².